The van der Waals surface area contributed by atoms with E-state index in [-0.39, 0.29) is 0 Å². The van der Waals surface area contributed by atoms with Crippen molar-refractivity contribution in [1.29, 1.82) is 0 Å². The second-order valence-corrected chi connectivity index (χ2v) is 4.47. The van der Waals surface area contributed by atoms with Crippen LogP contribution in [0.3, 0.4) is 0 Å². The van der Waals surface area contributed by atoms with Crippen LogP contribution in [0, 0.1) is 13.8 Å². The van der Waals surface area contributed by atoms with E-state index in [9.17, 15) is 0 Å². The lowest BCUT2D eigenvalue weighted by molar-refractivity contribution is 0.340. The van der Waals surface area contributed by atoms with E-state index in [0.717, 1.165) is 11.3 Å². The number of hydrogen-bond donors (Lipinski definition) is 1. The van der Waals surface area contributed by atoms with Gasteiger partial charge >= 0.3 is 0 Å². The summed E-state index contributed by atoms with van der Waals surface area (Å²) in [7, 11) is 0. The summed E-state index contributed by atoms with van der Waals surface area (Å²) >= 11 is 0. The van der Waals surface area contributed by atoms with Crippen LogP contribution in [0.15, 0.2) is 36.4 Å². The molecule has 100 valence electrons. The van der Waals surface area contributed by atoms with Crippen LogP contribution in [0.4, 0.5) is 5.69 Å². The molecule has 2 aromatic rings. The van der Waals surface area contributed by atoms with Gasteiger partial charge in [-0.2, -0.15) is 0 Å². The largest absolute Gasteiger partial charge is 0.492 e. The summed E-state index contributed by atoms with van der Waals surface area (Å²) in [6.07, 6.45) is 0. The van der Waals surface area contributed by atoms with Crippen molar-refractivity contribution < 1.29 is 9.47 Å². The minimum absolute atomic E-state index is 0.532. The van der Waals surface area contributed by atoms with Gasteiger partial charge in [0.15, 0.2) is 5.75 Å². The van der Waals surface area contributed by atoms with Gasteiger partial charge in [-0.3, -0.25) is 0 Å². The normalized spacial score (nSPS) is 10.3. The second kappa shape index (κ2) is 5.65. The lowest BCUT2D eigenvalue weighted by atomic mass is 10.1. The first-order valence-corrected chi connectivity index (χ1v) is 6.38. The number of anilines is 1. The molecule has 0 aliphatic heterocycles. The fourth-order valence-corrected chi connectivity index (χ4v) is 1.93. The van der Waals surface area contributed by atoms with E-state index in [4.69, 9.17) is 15.2 Å². The number of rotatable bonds is 4. The summed E-state index contributed by atoms with van der Waals surface area (Å²) in [5.74, 6) is 2.09. The summed E-state index contributed by atoms with van der Waals surface area (Å²) in [6, 6.07) is 11.6. The molecule has 19 heavy (non-hydrogen) atoms. The number of benzene rings is 2. The number of aryl methyl sites for hydroxylation is 2. The van der Waals surface area contributed by atoms with Gasteiger partial charge in [0.25, 0.3) is 0 Å². The maximum Gasteiger partial charge on any atom is 0.154 e. The number of ether oxygens (including phenoxy) is 2. The van der Waals surface area contributed by atoms with E-state index in [2.05, 4.69) is 13.0 Å². The molecule has 0 fully saturated rings. The van der Waals surface area contributed by atoms with Gasteiger partial charge in [0.1, 0.15) is 17.2 Å². The van der Waals surface area contributed by atoms with Crippen molar-refractivity contribution in [2.75, 3.05) is 12.3 Å². The Morgan fingerprint density at radius 1 is 1.00 bits per heavy atom. The van der Waals surface area contributed by atoms with E-state index in [1.54, 1.807) is 0 Å². The minimum atomic E-state index is 0.532. The molecule has 0 amide bonds. The lowest BCUT2D eigenvalue weighted by Gasteiger charge is -2.13. The van der Waals surface area contributed by atoms with E-state index in [1.165, 1.54) is 5.56 Å². The Morgan fingerprint density at radius 3 is 2.42 bits per heavy atom. The first kappa shape index (κ1) is 13.3. The third-order valence-electron chi connectivity index (χ3n) is 2.88. The Bertz CT molecular complexity index is 579. The molecule has 0 aromatic heterocycles. The quantitative estimate of drug-likeness (QED) is 0.839. The molecule has 0 spiro atoms. The highest BCUT2D eigenvalue weighted by molar-refractivity contribution is 5.63. The molecule has 3 nitrogen and oxygen atoms in total. The third kappa shape index (κ3) is 2.99. The minimum Gasteiger partial charge on any atom is -0.492 e. The third-order valence-corrected chi connectivity index (χ3v) is 2.88. The molecule has 0 bridgehead atoms. The number of para-hydroxylation sites is 1. The Kier molecular flexibility index (Phi) is 3.95. The van der Waals surface area contributed by atoms with Gasteiger partial charge in [0, 0.05) is 0 Å². The summed E-state index contributed by atoms with van der Waals surface area (Å²) in [4.78, 5) is 0. The predicted octanol–water partition coefficient (Wildman–Crippen LogP) is 4.08. The first-order valence-electron chi connectivity index (χ1n) is 6.38. The molecular formula is C16H19NO2. The van der Waals surface area contributed by atoms with Crippen molar-refractivity contribution >= 4 is 5.69 Å². The number of nitrogen functional groups attached to an aromatic ring is 1. The van der Waals surface area contributed by atoms with Crippen LogP contribution in [0.1, 0.15) is 18.1 Å². The Hall–Kier alpha value is -2.16. The molecule has 0 atom stereocenters. The monoisotopic (exact) mass is 257 g/mol. The molecule has 0 saturated heterocycles. The van der Waals surface area contributed by atoms with Gasteiger partial charge in [-0.15, -0.1) is 0 Å². The molecule has 0 aliphatic carbocycles. The topological polar surface area (TPSA) is 44.5 Å². The average Bonchev–Trinajstić information content (AvgIpc) is 2.37. The fraction of sp³-hybridized carbons (Fsp3) is 0.250. The number of hydrogen-bond acceptors (Lipinski definition) is 3. The predicted molar refractivity (Wildman–Crippen MR) is 78.0 cm³/mol. The van der Waals surface area contributed by atoms with Crippen LogP contribution in [-0.2, 0) is 0 Å². The highest BCUT2D eigenvalue weighted by Gasteiger charge is 2.09. The van der Waals surface area contributed by atoms with E-state index in [1.807, 2.05) is 44.2 Å². The van der Waals surface area contributed by atoms with Crippen molar-refractivity contribution in [3.05, 3.63) is 47.5 Å². The van der Waals surface area contributed by atoms with Crippen molar-refractivity contribution in [1.82, 2.24) is 0 Å². The molecule has 0 saturated carbocycles. The lowest BCUT2D eigenvalue weighted by Crippen LogP contribution is -1.99. The van der Waals surface area contributed by atoms with Crippen LogP contribution in [0.2, 0.25) is 0 Å². The van der Waals surface area contributed by atoms with Gasteiger partial charge in [-0.1, -0.05) is 23.8 Å². The van der Waals surface area contributed by atoms with Gasteiger partial charge in [-0.25, -0.2) is 0 Å². The highest BCUT2D eigenvalue weighted by atomic mass is 16.5. The van der Waals surface area contributed by atoms with Gasteiger partial charge < -0.3 is 15.2 Å². The van der Waals surface area contributed by atoms with Crippen molar-refractivity contribution in [2.24, 2.45) is 0 Å². The maximum atomic E-state index is 6.05. The van der Waals surface area contributed by atoms with Crippen LogP contribution in [-0.4, -0.2) is 6.61 Å². The van der Waals surface area contributed by atoms with Gasteiger partial charge in [0.2, 0.25) is 0 Å². The van der Waals surface area contributed by atoms with E-state index < -0.39 is 0 Å². The van der Waals surface area contributed by atoms with Crippen LogP contribution in [0.25, 0.3) is 0 Å². The maximum absolute atomic E-state index is 6.05. The summed E-state index contributed by atoms with van der Waals surface area (Å²) < 4.78 is 11.3. The van der Waals surface area contributed by atoms with Crippen molar-refractivity contribution in [3.8, 4) is 17.2 Å². The van der Waals surface area contributed by atoms with Gasteiger partial charge in [0.05, 0.1) is 6.61 Å². The summed E-state index contributed by atoms with van der Waals surface area (Å²) in [5.41, 5.74) is 8.87. The Morgan fingerprint density at radius 2 is 1.74 bits per heavy atom. The molecule has 3 heteroatoms. The van der Waals surface area contributed by atoms with E-state index in [0.29, 0.717) is 23.8 Å². The second-order valence-electron chi connectivity index (χ2n) is 4.47. The SMILES string of the molecule is CCOc1cccc(Oc2ccc(C)cc2C)c1N. The van der Waals surface area contributed by atoms with Crippen molar-refractivity contribution in [2.45, 2.75) is 20.8 Å². The zero-order valence-electron chi connectivity index (χ0n) is 11.6. The summed E-state index contributed by atoms with van der Waals surface area (Å²) in [5, 5.41) is 0. The molecule has 0 radical (unpaired) electrons. The van der Waals surface area contributed by atoms with Crippen LogP contribution < -0.4 is 15.2 Å². The van der Waals surface area contributed by atoms with E-state index >= 15 is 0 Å². The fourth-order valence-electron chi connectivity index (χ4n) is 1.93. The zero-order chi connectivity index (χ0) is 13.8. The summed E-state index contributed by atoms with van der Waals surface area (Å²) in [6.45, 7) is 6.58. The molecule has 0 aliphatic rings. The average molecular weight is 257 g/mol. The zero-order valence-corrected chi connectivity index (χ0v) is 11.6. The molecule has 2 aromatic carbocycles. The smallest absolute Gasteiger partial charge is 0.154 e. The molecule has 0 heterocycles. The number of nitrogens with two attached hydrogens (primary N) is 1. The molecule has 2 rings (SSSR count). The standard InChI is InChI=1S/C16H19NO2/c1-4-18-14-6-5-7-15(16(14)17)19-13-9-8-11(2)10-12(13)3/h5-10H,4,17H2,1-3H3. The Balaban J connectivity index is 2.30. The highest BCUT2D eigenvalue weighted by Crippen LogP contribution is 2.35. The molecule has 2 N–H and O–H groups in total. The van der Waals surface area contributed by atoms with Crippen LogP contribution >= 0.6 is 0 Å². The first-order chi connectivity index (χ1) is 9.11. The van der Waals surface area contributed by atoms with Crippen molar-refractivity contribution in [3.63, 3.8) is 0 Å². The Labute approximate surface area is 114 Å². The molecular weight excluding hydrogens is 238 g/mol. The molecule has 0 unspecified atom stereocenters. The van der Waals surface area contributed by atoms with Crippen LogP contribution in [0.5, 0.6) is 17.2 Å². The van der Waals surface area contributed by atoms with Gasteiger partial charge in [-0.05, 0) is 44.5 Å².